The van der Waals surface area contributed by atoms with Crippen molar-refractivity contribution in [3.63, 3.8) is 0 Å². The molecule has 2 N–H and O–H groups in total. The van der Waals surface area contributed by atoms with E-state index < -0.39 is 17.0 Å². The Balaban J connectivity index is 2.14. The van der Waals surface area contributed by atoms with Gasteiger partial charge in [-0.15, -0.1) is 0 Å². The van der Waals surface area contributed by atoms with Gasteiger partial charge in [-0.25, -0.2) is 4.39 Å². The largest absolute Gasteiger partial charge is 0.381 e. The van der Waals surface area contributed by atoms with Crippen LogP contribution in [-0.4, -0.2) is 10.2 Å². The summed E-state index contributed by atoms with van der Waals surface area (Å²) in [5.74, 6) is -0.416. The zero-order valence-corrected chi connectivity index (χ0v) is 13.5. The maximum atomic E-state index is 14.9. The molecule has 0 aliphatic heterocycles. The van der Waals surface area contributed by atoms with Crippen molar-refractivity contribution >= 4 is 0 Å². The molecule has 2 nitrogen and oxygen atoms in total. The summed E-state index contributed by atoms with van der Waals surface area (Å²) in [6.45, 7) is 3.34. The lowest BCUT2D eigenvalue weighted by molar-refractivity contribution is 0.0467. The summed E-state index contributed by atoms with van der Waals surface area (Å²) in [6, 6.07) is 8.81. The van der Waals surface area contributed by atoms with Gasteiger partial charge >= 0.3 is 0 Å². The van der Waals surface area contributed by atoms with E-state index in [4.69, 9.17) is 0 Å². The smallest absolute Gasteiger partial charge is 0.130 e. The van der Waals surface area contributed by atoms with Crippen LogP contribution in [0, 0.1) is 5.82 Å². The zero-order valence-electron chi connectivity index (χ0n) is 13.5. The average molecular weight is 312 g/mol. The Kier molecular flexibility index (Phi) is 3.00. The van der Waals surface area contributed by atoms with Gasteiger partial charge < -0.3 is 10.2 Å². The highest BCUT2D eigenvalue weighted by molar-refractivity contribution is 5.60. The third-order valence-corrected chi connectivity index (χ3v) is 5.55. The van der Waals surface area contributed by atoms with Gasteiger partial charge in [-0.05, 0) is 67.9 Å². The first-order valence-corrected chi connectivity index (χ1v) is 8.25. The summed E-state index contributed by atoms with van der Waals surface area (Å²) in [5.41, 5.74) is 1.32. The molecular weight excluding hydrogens is 291 g/mol. The minimum Gasteiger partial charge on any atom is -0.381 e. The van der Waals surface area contributed by atoms with Crippen LogP contribution in [0.4, 0.5) is 4.39 Å². The number of hydrogen-bond acceptors (Lipinski definition) is 2. The lowest BCUT2D eigenvalue weighted by Gasteiger charge is -2.43. The van der Waals surface area contributed by atoms with Crippen molar-refractivity contribution in [1.29, 1.82) is 0 Å². The highest BCUT2D eigenvalue weighted by Gasteiger charge is 2.48. The molecule has 0 spiro atoms. The first-order valence-electron chi connectivity index (χ1n) is 8.25. The van der Waals surface area contributed by atoms with E-state index in [1.54, 1.807) is 26.0 Å². The molecule has 0 unspecified atom stereocenters. The van der Waals surface area contributed by atoms with Crippen molar-refractivity contribution in [3.8, 4) is 0 Å². The Bertz CT molecular complexity index is 806. The average Bonchev–Trinajstić information content (AvgIpc) is 2.52. The van der Waals surface area contributed by atoms with Crippen LogP contribution in [0.1, 0.15) is 60.1 Å². The second kappa shape index (κ2) is 4.65. The molecule has 0 saturated carbocycles. The molecule has 23 heavy (non-hydrogen) atoms. The number of aliphatic hydroxyl groups is 2. The number of rotatable bonds is 0. The van der Waals surface area contributed by atoms with Crippen LogP contribution in [0.2, 0.25) is 0 Å². The van der Waals surface area contributed by atoms with E-state index in [-0.39, 0.29) is 5.56 Å². The monoisotopic (exact) mass is 312 g/mol. The van der Waals surface area contributed by atoms with Gasteiger partial charge in [0.05, 0.1) is 0 Å². The fourth-order valence-electron chi connectivity index (χ4n) is 4.48. The van der Waals surface area contributed by atoms with Crippen LogP contribution in [0.15, 0.2) is 30.3 Å². The third kappa shape index (κ3) is 1.87. The summed E-state index contributed by atoms with van der Waals surface area (Å²) in [4.78, 5) is 0. The fourth-order valence-corrected chi connectivity index (χ4v) is 4.48. The van der Waals surface area contributed by atoms with Gasteiger partial charge in [0.25, 0.3) is 0 Å². The molecule has 4 rings (SSSR count). The molecule has 0 amide bonds. The van der Waals surface area contributed by atoms with E-state index in [2.05, 4.69) is 0 Å². The van der Waals surface area contributed by atoms with E-state index in [0.29, 0.717) is 16.7 Å². The summed E-state index contributed by atoms with van der Waals surface area (Å²) in [6.07, 6.45) is 3.73. The molecule has 2 aromatic carbocycles. The normalized spacial score (nSPS) is 28.7. The van der Waals surface area contributed by atoms with Crippen molar-refractivity contribution in [2.24, 2.45) is 0 Å². The van der Waals surface area contributed by atoms with Crippen LogP contribution in [0.5, 0.6) is 0 Å². The van der Waals surface area contributed by atoms with Gasteiger partial charge in [-0.3, -0.25) is 0 Å². The molecule has 0 saturated heterocycles. The van der Waals surface area contributed by atoms with Gasteiger partial charge in [0.1, 0.15) is 17.0 Å². The molecule has 2 aromatic rings. The number of hydrogen-bond donors (Lipinski definition) is 2. The number of aryl methyl sites for hydroxylation is 1. The van der Waals surface area contributed by atoms with Crippen LogP contribution < -0.4 is 0 Å². The SMILES string of the molecule is C[C@]1(O)c2ccccc2[C@@](C)(O)c2c(F)cc3c(c21)CCCC3. The molecular formula is C20H21FO2. The predicted molar refractivity (Wildman–Crippen MR) is 86.8 cm³/mol. The standard InChI is InChI=1S/C20H21FO2/c1-19(22)14-9-5-6-10-15(14)20(2,23)18-16(21)11-12-7-3-4-8-13(12)17(18)19/h5-6,9-11,22-23H,3-4,7-8H2,1-2H3/t19-,20+/m0/s1. The molecule has 2 aliphatic rings. The first kappa shape index (κ1) is 14.9. The number of halogens is 1. The van der Waals surface area contributed by atoms with Crippen LogP contribution >= 0.6 is 0 Å². The van der Waals surface area contributed by atoms with Gasteiger partial charge in [-0.1, -0.05) is 24.3 Å². The quantitative estimate of drug-likeness (QED) is 0.781. The molecule has 0 radical (unpaired) electrons. The topological polar surface area (TPSA) is 40.5 Å². The highest BCUT2D eigenvalue weighted by atomic mass is 19.1. The highest BCUT2D eigenvalue weighted by Crippen LogP contribution is 2.51. The molecule has 0 heterocycles. The summed E-state index contributed by atoms with van der Waals surface area (Å²) >= 11 is 0. The molecule has 0 bridgehead atoms. The predicted octanol–water partition coefficient (Wildman–Crippen LogP) is 3.53. The molecule has 0 fully saturated rings. The number of benzene rings is 2. The maximum absolute atomic E-state index is 14.9. The Morgan fingerprint density at radius 2 is 1.48 bits per heavy atom. The second-order valence-electron chi connectivity index (χ2n) is 7.14. The molecule has 2 aliphatic carbocycles. The number of fused-ring (bicyclic) bond motifs is 4. The van der Waals surface area contributed by atoms with E-state index >= 15 is 0 Å². The Hall–Kier alpha value is -1.71. The zero-order chi connectivity index (χ0) is 16.4. The van der Waals surface area contributed by atoms with Gasteiger partial charge in [-0.2, -0.15) is 0 Å². The van der Waals surface area contributed by atoms with E-state index in [9.17, 15) is 14.6 Å². The molecule has 2 atom stereocenters. The molecule has 0 aromatic heterocycles. The Morgan fingerprint density at radius 1 is 0.913 bits per heavy atom. The minimum absolute atomic E-state index is 0.238. The van der Waals surface area contributed by atoms with Crippen LogP contribution in [0.3, 0.4) is 0 Å². The summed E-state index contributed by atoms with van der Waals surface area (Å²) in [7, 11) is 0. The summed E-state index contributed by atoms with van der Waals surface area (Å²) < 4.78 is 14.9. The molecule has 120 valence electrons. The van der Waals surface area contributed by atoms with E-state index in [1.165, 1.54) is 0 Å². The van der Waals surface area contributed by atoms with Crippen LogP contribution in [0.25, 0.3) is 0 Å². The van der Waals surface area contributed by atoms with Crippen molar-refractivity contribution in [1.82, 2.24) is 0 Å². The van der Waals surface area contributed by atoms with Gasteiger partial charge in [0, 0.05) is 11.1 Å². The lowest BCUT2D eigenvalue weighted by Crippen LogP contribution is -2.42. The van der Waals surface area contributed by atoms with Gasteiger partial charge in [0.2, 0.25) is 0 Å². The van der Waals surface area contributed by atoms with E-state index in [0.717, 1.165) is 36.8 Å². The first-order chi connectivity index (χ1) is 10.8. The van der Waals surface area contributed by atoms with Crippen molar-refractivity contribution in [2.75, 3.05) is 0 Å². The van der Waals surface area contributed by atoms with Gasteiger partial charge in [0.15, 0.2) is 0 Å². The fraction of sp³-hybridized carbons (Fsp3) is 0.400. The van der Waals surface area contributed by atoms with Crippen molar-refractivity contribution in [3.05, 3.63) is 69.5 Å². The third-order valence-electron chi connectivity index (χ3n) is 5.55. The Morgan fingerprint density at radius 3 is 2.13 bits per heavy atom. The molecule has 3 heteroatoms. The second-order valence-corrected chi connectivity index (χ2v) is 7.14. The van der Waals surface area contributed by atoms with Crippen LogP contribution in [-0.2, 0) is 24.0 Å². The van der Waals surface area contributed by atoms with Crippen molar-refractivity contribution in [2.45, 2.75) is 50.7 Å². The minimum atomic E-state index is -1.44. The maximum Gasteiger partial charge on any atom is 0.130 e. The summed E-state index contributed by atoms with van der Waals surface area (Å²) in [5, 5.41) is 22.5. The lowest BCUT2D eigenvalue weighted by atomic mass is 9.65. The van der Waals surface area contributed by atoms with Crippen molar-refractivity contribution < 1.29 is 14.6 Å². The Labute approximate surface area is 135 Å². The van der Waals surface area contributed by atoms with E-state index in [1.807, 2.05) is 18.2 Å².